The normalized spacial score (nSPS) is 29.3. The summed E-state index contributed by atoms with van der Waals surface area (Å²) in [4.78, 5) is 0. The van der Waals surface area contributed by atoms with Crippen molar-refractivity contribution in [3.63, 3.8) is 0 Å². The molecule has 1 aliphatic carbocycles. The molecule has 0 aromatic carbocycles. The lowest BCUT2D eigenvalue weighted by molar-refractivity contribution is -0.208. The zero-order valence-corrected chi connectivity index (χ0v) is 14.0. The molecule has 0 heterocycles. The summed E-state index contributed by atoms with van der Waals surface area (Å²) in [6.45, 7) is 10.6. The van der Waals surface area contributed by atoms with Crippen LogP contribution in [0.1, 0.15) is 46.5 Å². The zero-order valence-electron chi connectivity index (χ0n) is 13.0. The van der Waals surface area contributed by atoms with Gasteiger partial charge in [-0.3, -0.25) is 0 Å². The second-order valence-corrected chi connectivity index (χ2v) is 12.1. The summed E-state index contributed by atoms with van der Waals surface area (Å²) in [7, 11) is -1.93. The van der Waals surface area contributed by atoms with Gasteiger partial charge in [-0.25, -0.2) is 0 Å². The molecule has 1 N–H and O–H groups in total. The summed E-state index contributed by atoms with van der Waals surface area (Å²) in [5.74, 6) is 0. The molecule has 1 rings (SSSR count). The van der Waals surface area contributed by atoms with Gasteiger partial charge in [-0.1, -0.05) is 20.8 Å². The highest BCUT2D eigenvalue weighted by Crippen LogP contribution is 2.49. The van der Waals surface area contributed by atoms with Crippen molar-refractivity contribution in [1.82, 2.24) is 0 Å². The SMILES string of the molecule is CC(C)(C)[Si](C)(C)OC1CCC(C=N)(C(F)(F)F)CC1. The van der Waals surface area contributed by atoms with Gasteiger partial charge in [0.1, 0.15) is 5.41 Å². The van der Waals surface area contributed by atoms with E-state index in [1.165, 1.54) is 0 Å². The minimum Gasteiger partial charge on any atom is -0.414 e. The molecule has 6 heteroatoms. The Hall–Kier alpha value is -0.363. The van der Waals surface area contributed by atoms with Crippen molar-refractivity contribution >= 4 is 14.5 Å². The largest absolute Gasteiger partial charge is 0.414 e. The Morgan fingerprint density at radius 2 is 1.60 bits per heavy atom. The molecule has 0 spiro atoms. The Morgan fingerprint density at radius 3 is 1.90 bits per heavy atom. The van der Waals surface area contributed by atoms with Crippen LogP contribution >= 0.6 is 0 Å². The third kappa shape index (κ3) is 3.45. The lowest BCUT2D eigenvalue weighted by Gasteiger charge is -2.43. The fourth-order valence-electron chi connectivity index (χ4n) is 2.33. The molecule has 0 aliphatic heterocycles. The predicted octanol–water partition coefficient (Wildman–Crippen LogP) is 5.15. The summed E-state index contributed by atoms with van der Waals surface area (Å²) >= 11 is 0. The highest BCUT2D eigenvalue weighted by atomic mass is 28.4. The lowest BCUT2D eigenvalue weighted by Crippen LogP contribution is -2.48. The highest BCUT2D eigenvalue weighted by Gasteiger charge is 2.55. The molecule has 0 unspecified atom stereocenters. The average molecular weight is 309 g/mol. The molecule has 0 bridgehead atoms. The predicted molar refractivity (Wildman–Crippen MR) is 77.8 cm³/mol. The van der Waals surface area contributed by atoms with Crippen molar-refractivity contribution in [3.8, 4) is 0 Å². The van der Waals surface area contributed by atoms with E-state index in [1.54, 1.807) is 0 Å². The van der Waals surface area contributed by atoms with Gasteiger partial charge in [-0.2, -0.15) is 13.2 Å². The van der Waals surface area contributed by atoms with Crippen LogP contribution in [-0.4, -0.2) is 26.8 Å². The van der Waals surface area contributed by atoms with Crippen molar-refractivity contribution in [2.75, 3.05) is 0 Å². The summed E-state index contributed by atoms with van der Waals surface area (Å²) in [6, 6.07) is 0. The minimum atomic E-state index is -4.32. The van der Waals surface area contributed by atoms with Gasteiger partial charge in [0.2, 0.25) is 0 Å². The number of halogens is 3. The monoisotopic (exact) mass is 309 g/mol. The molecular formula is C14H26F3NOSi. The van der Waals surface area contributed by atoms with Gasteiger partial charge in [0.15, 0.2) is 8.32 Å². The molecule has 118 valence electrons. The van der Waals surface area contributed by atoms with E-state index >= 15 is 0 Å². The molecular weight excluding hydrogens is 283 g/mol. The maximum absolute atomic E-state index is 13.1. The van der Waals surface area contributed by atoms with Crippen molar-refractivity contribution in [2.24, 2.45) is 5.41 Å². The van der Waals surface area contributed by atoms with Gasteiger partial charge in [0, 0.05) is 12.3 Å². The lowest BCUT2D eigenvalue weighted by atomic mass is 9.73. The Kier molecular flexibility index (Phi) is 4.81. The fraction of sp³-hybridized carbons (Fsp3) is 0.929. The first-order chi connectivity index (χ1) is 8.85. The molecule has 0 aromatic rings. The van der Waals surface area contributed by atoms with Gasteiger partial charge >= 0.3 is 6.18 Å². The molecule has 1 fully saturated rings. The average Bonchev–Trinajstić information content (AvgIpc) is 2.26. The Balaban J connectivity index is 2.70. The van der Waals surface area contributed by atoms with Gasteiger partial charge in [0.05, 0.1) is 0 Å². The summed E-state index contributed by atoms with van der Waals surface area (Å²) < 4.78 is 45.4. The first kappa shape index (κ1) is 17.7. The third-order valence-corrected chi connectivity index (χ3v) is 9.47. The van der Waals surface area contributed by atoms with E-state index in [1.807, 2.05) is 0 Å². The molecule has 1 aliphatic rings. The van der Waals surface area contributed by atoms with Crippen LogP contribution in [0.3, 0.4) is 0 Å². The van der Waals surface area contributed by atoms with Crippen molar-refractivity contribution in [1.29, 1.82) is 5.41 Å². The summed E-state index contributed by atoms with van der Waals surface area (Å²) in [5.41, 5.74) is -1.93. The van der Waals surface area contributed by atoms with Crippen LogP contribution < -0.4 is 0 Å². The maximum Gasteiger partial charge on any atom is 0.399 e. The van der Waals surface area contributed by atoms with Gasteiger partial charge < -0.3 is 9.84 Å². The van der Waals surface area contributed by atoms with E-state index in [4.69, 9.17) is 9.84 Å². The Morgan fingerprint density at radius 1 is 1.15 bits per heavy atom. The van der Waals surface area contributed by atoms with E-state index in [0.29, 0.717) is 19.1 Å². The number of hydrogen-bond donors (Lipinski definition) is 1. The molecule has 0 aromatic heterocycles. The molecule has 20 heavy (non-hydrogen) atoms. The van der Waals surface area contributed by atoms with Crippen LogP contribution in [0, 0.1) is 10.8 Å². The van der Waals surface area contributed by atoms with E-state index in [2.05, 4.69) is 33.9 Å². The molecule has 0 atom stereocenters. The van der Waals surface area contributed by atoms with Crippen LogP contribution in [0.15, 0.2) is 0 Å². The maximum atomic E-state index is 13.1. The van der Waals surface area contributed by atoms with E-state index < -0.39 is 19.9 Å². The first-order valence-electron chi connectivity index (χ1n) is 7.11. The molecule has 2 nitrogen and oxygen atoms in total. The van der Waals surface area contributed by atoms with Crippen LogP contribution in [-0.2, 0) is 4.43 Å². The topological polar surface area (TPSA) is 33.1 Å². The molecule has 0 amide bonds. The third-order valence-electron chi connectivity index (χ3n) is 4.93. The highest BCUT2D eigenvalue weighted by molar-refractivity contribution is 6.74. The molecule has 0 radical (unpaired) electrons. The summed E-state index contributed by atoms with van der Waals surface area (Å²) in [5, 5.41) is 7.23. The summed E-state index contributed by atoms with van der Waals surface area (Å²) in [6.07, 6.45) is -3.10. The quantitative estimate of drug-likeness (QED) is 0.567. The second-order valence-electron chi connectivity index (χ2n) is 7.38. The van der Waals surface area contributed by atoms with Crippen molar-refractivity contribution in [3.05, 3.63) is 0 Å². The van der Waals surface area contributed by atoms with Gasteiger partial charge in [-0.15, -0.1) is 0 Å². The fourth-order valence-corrected chi connectivity index (χ4v) is 3.75. The van der Waals surface area contributed by atoms with Gasteiger partial charge in [0.25, 0.3) is 0 Å². The smallest absolute Gasteiger partial charge is 0.399 e. The standard InChI is InChI=1S/C14H26F3NOSi/c1-12(2,3)20(4,5)19-11-6-8-13(10-18,9-7-11)14(15,16)17/h10-11,18H,6-9H2,1-5H3. The van der Waals surface area contributed by atoms with E-state index in [9.17, 15) is 13.2 Å². The van der Waals surface area contributed by atoms with Crippen LogP contribution in [0.2, 0.25) is 18.1 Å². The Labute approximate surface area is 120 Å². The zero-order chi connectivity index (χ0) is 15.8. The first-order valence-corrected chi connectivity index (χ1v) is 10.0. The number of hydrogen-bond acceptors (Lipinski definition) is 2. The van der Waals surface area contributed by atoms with Crippen LogP contribution in [0.5, 0.6) is 0 Å². The number of rotatable bonds is 3. The number of alkyl halides is 3. The molecule has 0 saturated heterocycles. The Bertz CT molecular complexity index is 352. The van der Waals surface area contributed by atoms with Crippen molar-refractivity contribution < 1.29 is 17.6 Å². The second kappa shape index (κ2) is 5.44. The van der Waals surface area contributed by atoms with Gasteiger partial charge in [-0.05, 0) is 43.8 Å². The van der Waals surface area contributed by atoms with E-state index in [0.717, 1.165) is 0 Å². The minimum absolute atomic E-state index is 0.0285. The number of nitrogens with one attached hydrogen (secondary N) is 1. The molecule has 1 saturated carbocycles. The van der Waals surface area contributed by atoms with Crippen LogP contribution in [0.4, 0.5) is 13.2 Å². The van der Waals surface area contributed by atoms with E-state index in [-0.39, 0.29) is 24.0 Å². The van der Waals surface area contributed by atoms with Crippen molar-refractivity contribution in [2.45, 2.75) is 76.9 Å². The van der Waals surface area contributed by atoms with Crippen LogP contribution in [0.25, 0.3) is 0 Å².